The van der Waals surface area contributed by atoms with E-state index in [4.69, 9.17) is 4.74 Å². The molecule has 0 aliphatic carbocycles. The van der Waals surface area contributed by atoms with Gasteiger partial charge in [0.05, 0.1) is 6.61 Å². The van der Waals surface area contributed by atoms with Crippen molar-refractivity contribution in [3.05, 3.63) is 34.2 Å². The summed E-state index contributed by atoms with van der Waals surface area (Å²) in [6.45, 7) is 3.50. The van der Waals surface area contributed by atoms with Crippen molar-refractivity contribution in [2.45, 2.75) is 6.92 Å². The van der Waals surface area contributed by atoms with Crippen molar-refractivity contribution in [2.75, 3.05) is 26.8 Å². The lowest BCUT2D eigenvalue weighted by molar-refractivity contribution is 0.0706. The number of rotatable bonds is 5. The fourth-order valence-corrected chi connectivity index (χ4v) is 1.36. The molecule has 88 valence electrons. The lowest BCUT2D eigenvalue weighted by Crippen LogP contribution is -2.34. The van der Waals surface area contributed by atoms with Gasteiger partial charge in [-0.15, -0.1) is 0 Å². The first-order chi connectivity index (χ1) is 7.69. The zero-order valence-electron chi connectivity index (χ0n) is 9.53. The molecule has 1 rings (SSSR count). The number of carbonyl (C=O) groups is 1. The average molecular weight is 224 g/mol. The van der Waals surface area contributed by atoms with E-state index in [9.17, 15) is 9.59 Å². The first-order valence-electron chi connectivity index (χ1n) is 5.16. The monoisotopic (exact) mass is 224 g/mol. The molecule has 0 unspecified atom stereocenters. The fourth-order valence-electron chi connectivity index (χ4n) is 1.36. The summed E-state index contributed by atoms with van der Waals surface area (Å²) in [7, 11) is 1.59. The molecule has 0 fully saturated rings. The van der Waals surface area contributed by atoms with Gasteiger partial charge in [-0.3, -0.25) is 9.59 Å². The van der Waals surface area contributed by atoms with Gasteiger partial charge >= 0.3 is 0 Å². The molecule has 0 atom stereocenters. The Labute approximate surface area is 94.0 Å². The van der Waals surface area contributed by atoms with Crippen molar-refractivity contribution in [3.8, 4) is 0 Å². The largest absolute Gasteiger partial charge is 0.383 e. The minimum absolute atomic E-state index is 0.148. The molecule has 0 aliphatic heterocycles. The van der Waals surface area contributed by atoms with Crippen molar-refractivity contribution < 1.29 is 9.53 Å². The van der Waals surface area contributed by atoms with Crippen molar-refractivity contribution >= 4 is 5.91 Å². The molecule has 0 radical (unpaired) electrons. The van der Waals surface area contributed by atoms with Gasteiger partial charge in [0.25, 0.3) is 5.91 Å². The number of pyridine rings is 1. The van der Waals surface area contributed by atoms with E-state index in [2.05, 4.69) is 4.98 Å². The van der Waals surface area contributed by atoms with Crippen LogP contribution in [0.3, 0.4) is 0 Å². The van der Waals surface area contributed by atoms with Crippen LogP contribution in [0.1, 0.15) is 17.3 Å². The molecule has 1 amide bonds. The maximum atomic E-state index is 12.0. The third-order valence-electron chi connectivity index (χ3n) is 2.26. The second-order valence-electron chi connectivity index (χ2n) is 3.32. The number of hydrogen-bond acceptors (Lipinski definition) is 3. The second kappa shape index (κ2) is 6.07. The Hall–Kier alpha value is -1.62. The van der Waals surface area contributed by atoms with Crippen LogP contribution in [0.25, 0.3) is 0 Å². The van der Waals surface area contributed by atoms with Crippen LogP contribution >= 0.6 is 0 Å². The highest BCUT2D eigenvalue weighted by atomic mass is 16.5. The third kappa shape index (κ3) is 3.20. The molecule has 5 heteroatoms. The average Bonchev–Trinajstić information content (AvgIpc) is 2.29. The molecular weight excluding hydrogens is 208 g/mol. The van der Waals surface area contributed by atoms with E-state index in [1.807, 2.05) is 6.92 Å². The fraction of sp³-hybridized carbons (Fsp3) is 0.455. The Kier molecular flexibility index (Phi) is 4.72. The number of amides is 1. The van der Waals surface area contributed by atoms with Crippen LogP contribution in [0, 0.1) is 0 Å². The maximum absolute atomic E-state index is 12.0. The standard InChI is InChI=1S/C11H16N2O3/c1-3-13(6-7-16-2)11(15)9-4-5-12-10(14)8-9/h4-5,8H,3,6-7H2,1-2H3,(H,12,14). The summed E-state index contributed by atoms with van der Waals surface area (Å²) in [6.07, 6.45) is 1.47. The molecule has 0 spiro atoms. The van der Waals surface area contributed by atoms with E-state index >= 15 is 0 Å². The van der Waals surface area contributed by atoms with Crippen LogP contribution in [0.2, 0.25) is 0 Å². The van der Waals surface area contributed by atoms with Gasteiger partial charge in [-0.05, 0) is 13.0 Å². The van der Waals surface area contributed by atoms with Crippen LogP contribution < -0.4 is 5.56 Å². The molecule has 1 heterocycles. The molecule has 0 bridgehead atoms. The Bertz CT molecular complexity index is 400. The number of carbonyl (C=O) groups excluding carboxylic acids is 1. The first kappa shape index (κ1) is 12.4. The van der Waals surface area contributed by atoms with E-state index in [1.165, 1.54) is 12.3 Å². The first-order valence-corrected chi connectivity index (χ1v) is 5.16. The van der Waals surface area contributed by atoms with Gasteiger partial charge in [-0.25, -0.2) is 0 Å². The van der Waals surface area contributed by atoms with Crippen LogP contribution in [-0.2, 0) is 4.74 Å². The Morgan fingerprint density at radius 2 is 2.31 bits per heavy atom. The zero-order valence-corrected chi connectivity index (χ0v) is 9.53. The van der Waals surface area contributed by atoms with Crippen LogP contribution in [0.15, 0.2) is 23.1 Å². The Morgan fingerprint density at radius 1 is 1.56 bits per heavy atom. The highest BCUT2D eigenvalue weighted by Crippen LogP contribution is 2.01. The lowest BCUT2D eigenvalue weighted by Gasteiger charge is -2.20. The number of nitrogens with zero attached hydrogens (tertiary/aromatic N) is 1. The van der Waals surface area contributed by atoms with Gasteiger partial charge in [0.1, 0.15) is 0 Å². The maximum Gasteiger partial charge on any atom is 0.254 e. The number of nitrogens with one attached hydrogen (secondary N) is 1. The lowest BCUT2D eigenvalue weighted by atomic mass is 10.2. The molecule has 0 aliphatic rings. The number of hydrogen-bond donors (Lipinski definition) is 1. The van der Waals surface area contributed by atoms with Crippen LogP contribution in [0.4, 0.5) is 0 Å². The Balaban J connectivity index is 2.78. The second-order valence-corrected chi connectivity index (χ2v) is 3.32. The predicted molar refractivity (Wildman–Crippen MR) is 60.5 cm³/mol. The number of likely N-dealkylation sites (N-methyl/N-ethyl adjacent to an activating group) is 1. The van der Waals surface area contributed by atoms with Crippen molar-refractivity contribution in [1.29, 1.82) is 0 Å². The molecule has 1 aromatic heterocycles. The minimum Gasteiger partial charge on any atom is -0.383 e. The molecular formula is C11H16N2O3. The topological polar surface area (TPSA) is 62.4 Å². The number of ether oxygens (including phenoxy) is 1. The van der Waals surface area contributed by atoms with Crippen LogP contribution in [0.5, 0.6) is 0 Å². The minimum atomic E-state index is -0.270. The smallest absolute Gasteiger partial charge is 0.254 e. The van der Waals surface area contributed by atoms with Crippen molar-refractivity contribution in [2.24, 2.45) is 0 Å². The summed E-state index contributed by atoms with van der Waals surface area (Å²) < 4.78 is 4.92. The summed E-state index contributed by atoms with van der Waals surface area (Å²) in [6, 6.07) is 2.90. The van der Waals surface area contributed by atoms with Gasteiger partial charge in [0, 0.05) is 38.0 Å². The normalized spacial score (nSPS) is 10.1. The highest BCUT2D eigenvalue weighted by molar-refractivity contribution is 5.94. The number of aromatic nitrogens is 1. The molecule has 16 heavy (non-hydrogen) atoms. The van der Waals surface area contributed by atoms with Gasteiger partial charge in [0.15, 0.2) is 0 Å². The summed E-state index contributed by atoms with van der Waals surface area (Å²) in [5, 5.41) is 0. The van der Waals surface area contributed by atoms with Crippen molar-refractivity contribution in [1.82, 2.24) is 9.88 Å². The number of methoxy groups -OCH3 is 1. The quantitative estimate of drug-likeness (QED) is 0.791. The van der Waals surface area contributed by atoms with Gasteiger partial charge < -0.3 is 14.6 Å². The summed E-state index contributed by atoms with van der Waals surface area (Å²) in [5.41, 5.74) is 0.135. The highest BCUT2D eigenvalue weighted by Gasteiger charge is 2.13. The molecule has 1 aromatic rings. The zero-order chi connectivity index (χ0) is 12.0. The van der Waals surface area contributed by atoms with Gasteiger partial charge in [-0.2, -0.15) is 0 Å². The Morgan fingerprint density at radius 3 is 2.88 bits per heavy atom. The molecule has 5 nitrogen and oxygen atoms in total. The molecule has 0 saturated carbocycles. The predicted octanol–water partition coefficient (Wildman–Crippen LogP) is 0.483. The van der Waals surface area contributed by atoms with Gasteiger partial charge in [-0.1, -0.05) is 0 Å². The van der Waals surface area contributed by atoms with E-state index < -0.39 is 0 Å². The summed E-state index contributed by atoms with van der Waals surface area (Å²) in [4.78, 5) is 27.1. The van der Waals surface area contributed by atoms with E-state index in [-0.39, 0.29) is 11.5 Å². The van der Waals surface area contributed by atoms with Crippen LogP contribution in [-0.4, -0.2) is 42.6 Å². The number of H-pyrrole nitrogens is 1. The number of aromatic amines is 1. The van der Waals surface area contributed by atoms with E-state index in [1.54, 1.807) is 18.1 Å². The van der Waals surface area contributed by atoms with E-state index in [0.29, 0.717) is 25.3 Å². The van der Waals surface area contributed by atoms with Gasteiger partial charge in [0.2, 0.25) is 5.56 Å². The van der Waals surface area contributed by atoms with Crippen molar-refractivity contribution in [3.63, 3.8) is 0 Å². The summed E-state index contributed by atoms with van der Waals surface area (Å²) >= 11 is 0. The SMILES string of the molecule is CCN(CCOC)C(=O)c1cc[nH]c(=O)c1. The third-order valence-corrected chi connectivity index (χ3v) is 2.26. The molecule has 0 saturated heterocycles. The molecule has 1 N–H and O–H groups in total. The van der Waals surface area contributed by atoms with E-state index in [0.717, 1.165) is 0 Å². The summed E-state index contributed by atoms with van der Waals surface area (Å²) in [5.74, 6) is -0.148. The molecule has 0 aromatic carbocycles.